The Hall–Kier alpha value is -3.23. The van der Waals surface area contributed by atoms with Gasteiger partial charge in [-0.1, -0.05) is 29.3 Å². The summed E-state index contributed by atoms with van der Waals surface area (Å²) < 4.78 is 12.2. The van der Waals surface area contributed by atoms with Gasteiger partial charge >= 0.3 is 0 Å². The van der Waals surface area contributed by atoms with Crippen molar-refractivity contribution >= 4 is 46.5 Å². The number of hydrogen-bond donors (Lipinski definition) is 1. The standard InChI is InChI=1S/C23H22Cl2N4O4/c1-32-19-6-5-17(11-20(19)33-2)28-12-15(9-22(28)30)23(31)27-21-7-8-26-29(21)13-14-3-4-16(24)10-18(14)25/h3-8,10-11,15H,9,12-13H2,1-2H3,(H,27,31). The predicted octanol–water partition coefficient (Wildman–Crippen LogP) is 4.25. The van der Waals surface area contributed by atoms with Crippen LogP contribution in [0.2, 0.25) is 10.0 Å². The first-order valence-electron chi connectivity index (χ1n) is 10.2. The summed E-state index contributed by atoms with van der Waals surface area (Å²) in [6.45, 7) is 0.622. The molecular formula is C23H22Cl2N4O4. The number of carbonyl (C=O) groups is 2. The Balaban J connectivity index is 1.45. The van der Waals surface area contributed by atoms with Crippen molar-refractivity contribution in [2.24, 2.45) is 5.92 Å². The molecule has 1 aliphatic rings. The molecule has 2 heterocycles. The van der Waals surface area contributed by atoms with Crippen LogP contribution in [-0.2, 0) is 16.1 Å². The zero-order valence-electron chi connectivity index (χ0n) is 18.0. The van der Waals surface area contributed by atoms with Gasteiger partial charge in [-0.25, -0.2) is 4.68 Å². The van der Waals surface area contributed by atoms with Crippen molar-refractivity contribution in [3.05, 3.63) is 64.3 Å². The Kier molecular flexibility index (Phi) is 6.76. The average Bonchev–Trinajstić information content (AvgIpc) is 3.41. The number of amides is 2. The molecule has 1 N–H and O–H groups in total. The molecule has 172 valence electrons. The molecule has 10 heteroatoms. The quantitative estimate of drug-likeness (QED) is 0.537. The minimum atomic E-state index is -0.506. The van der Waals surface area contributed by atoms with E-state index in [0.717, 1.165) is 5.56 Å². The van der Waals surface area contributed by atoms with Crippen molar-refractivity contribution in [2.75, 3.05) is 31.0 Å². The highest BCUT2D eigenvalue weighted by Gasteiger charge is 2.35. The Bertz CT molecular complexity index is 1200. The third-order valence-corrected chi connectivity index (χ3v) is 6.06. The van der Waals surface area contributed by atoms with Gasteiger partial charge in [0.05, 0.1) is 32.9 Å². The highest BCUT2D eigenvalue weighted by Crippen LogP contribution is 2.34. The predicted molar refractivity (Wildman–Crippen MR) is 126 cm³/mol. The van der Waals surface area contributed by atoms with Crippen molar-refractivity contribution in [3.63, 3.8) is 0 Å². The normalized spacial score (nSPS) is 15.6. The van der Waals surface area contributed by atoms with Crippen molar-refractivity contribution in [3.8, 4) is 11.5 Å². The summed E-state index contributed by atoms with van der Waals surface area (Å²) in [4.78, 5) is 27.2. The van der Waals surface area contributed by atoms with Crippen LogP contribution in [0.4, 0.5) is 11.5 Å². The lowest BCUT2D eigenvalue weighted by Gasteiger charge is -2.18. The van der Waals surface area contributed by atoms with E-state index in [4.69, 9.17) is 32.7 Å². The molecule has 0 saturated carbocycles. The number of nitrogens with one attached hydrogen (secondary N) is 1. The van der Waals surface area contributed by atoms with Crippen LogP contribution in [0.1, 0.15) is 12.0 Å². The van der Waals surface area contributed by atoms with E-state index in [0.29, 0.717) is 39.6 Å². The maximum Gasteiger partial charge on any atom is 0.230 e. The van der Waals surface area contributed by atoms with Crippen molar-refractivity contribution in [1.29, 1.82) is 0 Å². The van der Waals surface area contributed by atoms with Gasteiger partial charge in [-0.05, 0) is 29.8 Å². The average molecular weight is 489 g/mol. The lowest BCUT2D eigenvalue weighted by Crippen LogP contribution is -2.28. The van der Waals surface area contributed by atoms with Crippen LogP contribution >= 0.6 is 23.2 Å². The van der Waals surface area contributed by atoms with Crippen LogP contribution in [0.5, 0.6) is 11.5 Å². The fourth-order valence-corrected chi connectivity index (χ4v) is 4.20. The topological polar surface area (TPSA) is 85.7 Å². The van der Waals surface area contributed by atoms with Crippen LogP contribution in [-0.4, -0.2) is 42.4 Å². The molecule has 33 heavy (non-hydrogen) atoms. The minimum Gasteiger partial charge on any atom is -0.493 e. The van der Waals surface area contributed by atoms with Crippen LogP contribution < -0.4 is 19.7 Å². The van der Waals surface area contributed by atoms with E-state index in [2.05, 4.69) is 10.4 Å². The van der Waals surface area contributed by atoms with E-state index in [9.17, 15) is 9.59 Å². The van der Waals surface area contributed by atoms with Crippen LogP contribution in [0.25, 0.3) is 0 Å². The van der Waals surface area contributed by atoms with Gasteiger partial charge in [-0.3, -0.25) is 9.59 Å². The van der Waals surface area contributed by atoms with E-state index in [1.54, 1.807) is 59.3 Å². The van der Waals surface area contributed by atoms with E-state index in [1.807, 2.05) is 6.07 Å². The van der Waals surface area contributed by atoms with E-state index in [-0.39, 0.29) is 24.8 Å². The van der Waals surface area contributed by atoms with Gasteiger partial charge in [-0.15, -0.1) is 0 Å². The first-order chi connectivity index (χ1) is 15.9. The number of carbonyl (C=O) groups excluding carboxylic acids is 2. The van der Waals surface area contributed by atoms with Gasteiger partial charge in [0.1, 0.15) is 5.82 Å². The first kappa shape index (κ1) is 22.9. The Morgan fingerprint density at radius 3 is 2.64 bits per heavy atom. The molecule has 0 aliphatic carbocycles. The summed E-state index contributed by atoms with van der Waals surface area (Å²) in [6.07, 6.45) is 1.70. The zero-order valence-corrected chi connectivity index (χ0v) is 19.6. The molecule has 1 unspecified atom stereocenters. The van der Waals surface area contributed by atoms with Gasteiger partial charge in [-0.2, -0.15) is 5.10 Å². The Morgan fingerprint density at radius 2 is 1.91 bits per heavy atom. The number of rotatable bonds is 7. The van der Waals surface area contributed by atoms with E-state index in [1.165, 1.54) is 7.11 Å². The van der Waals surface area contributed by atoms with Gasteiger partial charge in [0.25, 0.3) is 0 Å². The molecule has 1 saturated heterocycles. The van der Waals surface area contributed by atoms with Gasteiger partial charge in [0, 0.05) is 40.8 Å². The highest BCUT2D eigenvalue weighted by molar-refractivity contribution is 6.35. The molecule has 1 aromatic heterocycles. The van der Waals surface area contributed by atoms with E-state index >= 15 is 0 Å². The molecule has 2 amide bonds. The third kappa shape index (κ3) is 4.91. The lowest BCUT2D eigenvalue weighted by atomic mass is 10.1. The van der Waals surface area contributed by atoms with Crippen LogP contribution in [0.15, 0.2) is 48.7 Å². The fourth-order valence-electron chi connectivity index (χ4n) is 3.73. The Labute approximate surface area is 201 Å². The molecule has 4 rings (SSSR count). The summed E-state index contributed by atoms with van der Waals surface area (Å²) in [7, 11) is 3.08. The molecule has 3 aromatic rings. The summed E-state index contributed by atoms with van der Waals surface area (Å²) >= 11 is 12.2. The van der Waals surface area contributed by atoms with Crippen LogP contribution in [0, 0.1) is 5.92 Å². The van der Waals surface area contributed by atoms with Crippen molar-refractivity contribution in [1.82, 2.24) is 9.78 Å². The fraction of sp³-hybridized carbons (Fsp3) is 0.261. The number of hydrogen-bond acceptors (Lipinski definition) is 5. The number of anilines is 2. The number of benzene rings is 2. The number of ether oxygens (including phenoxy) is 2. The van der Waals surface area contributed by atoms with Gasteiger partial charge < -0.3 is 19.7 Å². The summed E-state index contributed by atoms with van der Waals surface area (Å²) in [5.74, 6) is 0.701. The monoisotopic (exact) mass is 488 g/mol. The number of halogens is 2. The maximum atomic E-state index is 13.0. The third-order valence-electron chi connectivity index (χ3n) is 5.48. The Morgan fingerprint density at radius 1 is 1.12 bits per heavy atom. The second-order valence-corrected chi connectivity index (χ2v) is 8.39. The number of methoxy groups -OCH3 is 2. The zero-order chi connectivity index (χ0) is 23.5. The minimum absolute atomic E-state index is 0.108. The number of nitrogens with zero attached hydrogens (tertiary/aromatic N) is 3. The van der Waals surface area contributed by atoms with Crippen molar-refractivity contribution < 1.29 is 19.1 Å². The molecule has 1 aliphatic heterocycles. The second-order valence-electron chi connectivity index (χ2n) is 7.54. The summed E-state index contributed by atoms with van der Waals surface area (Å²) in [5.41, 5.74) is 1.46. The molecule has 1 atom stereocenters. The second kappa shape index (κ2) is 9.72. The first-order valence-corrected chi connectivity index (χ1v) is 10.9. The van der Waals surface area contributed by atoms with Crippen LogP contribution in [0.3, 0.4) is 0 Å². The SMILES string of the molecule is COc1ccc(N2CC(C(=O)Nc3ccnn3Cc3ccc(Cl)cc3Cl)CC2=O)cc1OC. The molecule has 8 nitrogen and oxygen atoms in total. The lowest BCUT2D eigenvalue weighted by molar-refractivity contribution is -0.122. The molecule has 2 aromatic carbocycles. The largest absolute Gasteiger partial charge is 0.493 e. The maximum absolute atomic E-state index is 13.0. The molecular weight excluding hydrogens is 467 g/mol. The molecule has 0 spiro atoms. The van der Waals surface area contributed by atoms with Gasteiger partial charge in [0.15, 0.2) is 11.5 Å². The highest BCUT2D eigenvalue weighted by atomic mass is 35.5. The van der Waals surface area contributed by atoms with Gasteiger partial charge in [0.2, 0.25) is 11.8 Å². The van der Waals surface area contributed by atoms with E-state index < -0.39 is 5.92 Å². The molecule has 0 bridgehead atoms. The summed E-state index contributed by atoms with van der Waals surface area (Å²) in [6, 6.07) is 12.1. The number of aromatic nitrogens is 2. The smallest absolute Gasteiger partial charge is 0.230 e. The van der Waals surface area contributed by atoms with Crippen molar-refractivity contribution in [2.45, 2.75) is 13.0 Å². The molecule has 0 radical (unpaired) electrons. The molecule has 1 fully saturated rings. The summed E-state index contributed by atoms with van der Waals surface area (Å²) in [5, 5.41) is 8.22.